The number of carbonyl (C=O) groups is 2. The van der Waals surface area contributed by atoms with E-state index in [-0.39, 0.29) is 21.9 Å². The van der Waals surface area contributed by atoms with Crippen LogP contribution in [0.25, 0.3) is 26.0 Å². The van der Waals surface area contributed by atoms with Gasteiger partial charge in [-0.3, -0.25) is 20.4 Å². The molecule has 2 amide bonds. The summed E-state index contributed by atoms with van der Waals surface area (Å²) in [6.45, 7) is 50.3. The lowest BCUT2D eigenvalue weighted by Gasteiger charge is -2.36. The van der Waals surface area contributed by atoms with Crippen LogP contribution in [0.4, 0.5) is 17.1 Å². The molecule has 5 rings (SSSR count). The van der Waals surface area contributed by atoms with Crippen molar-refractivity contribution in [2.24, 2.45) is 5.92 Å². The number of nitrogens with one attached hydrogen (secondary N) is 2. The van der Waals surface area contributed by atoms with Crippen LogP contribution in [-0.4, -0.2) is 58.5 Å². The Morgan fingerprint density at radius 1 is 0.757 bits per heavy atom. The quantitative estimate of drug-likeness (QED) is 0.0426. The topological polar surface area (TPSA) is 152 Å². The van der Waals surface area contributed by atoms with Crippen molar-refractivity contribution < 1.29 is 22.9 Å². The van der Waals surface area contributed by atoms with Crippen LogP contribution in [0.15, 0.2) is 77.2 Å². The molecule has 1 aromatic heterocycles. The summed E-state index contributed by atoms with van der Waals surface area (Å²) in [7, 11) is -2.90. The van der Waals surface area contributed by atoms with Crippen LogP contribution in [0, 0.1) is 50.8 Å². The summed E-state index contributed by atoms with van der Waals surface area (Å²) in [6.07, 6.45) is 2.19. The van der Waals surface area contributed by atoms with E-state index in [4.69, 9.17) is 61.4 Å². The molecule has 0 radical (unpaired) electrons. The number of benzene rings is 4. The Labute approximate surface area is 457 Å². The molecule has 5 aromatic rings. The smallest absolute Gasteiger partial charge is 0.269 e. The first kappa shape index (κ1) is 62.7. The summed E-state index contributed by atoms with van der Waals surface area (Å²) in [6, 6.07) is 22.4. The van der Waals surface area contributed by atoms with Gasteiger partial charge in [0.1, 0.15) is 0 Å². The highest BCUT2D eigenvalue weighted by Gasteiger charge is 2.38. The van der Waals surface area contributed by atoms with E-state index in [1.165, 1.54) is 24.3 Å². The second-order valence-electron chi connectivity index (χ2n) is 20.6. The van der Waals surface area contributed by atoms with Crippen molar-refractivity contribution >= 4 is 87.9 Å². The molecule has 19 heteroatoms. The van der Waals surface area contributed by atoms with Crippen molar-refractivity contribution in [3.63, 3.8) is 0 Å². The van der Waals surface area contributed by atoms with E-state index in [1.807, 2.05) is 50.8 Å². The molecule has 0 bridgehead atoms. The molecule has 74 heavy (non-hydrogen) atoms. The third-order valence-electron chi connectivity index (χ3n) is 13.6. The van der Waals surface area contributed by atoms with Crippen LogP contribution < -0.4 is 10.9 Å². The Bertz CT molecular complexity index is 2910. The summed E-state index contributed by atoms with van der Waals surface area (Å²) in [5, 5.41) is 18.6. The number of hydrazine groups is 1. The molecule has 0 unspecified atom stereocenters. The number of halogens is 2. The zero-order valence-electron chi connectivity index (χ0n) is 44.7. The summed E-state index contributed by atoms with van der Waals surface area (Å²) < 4.78 is 18.9. The van der Waals surface area contributed by atoms with Gasteiger partial charge in [-0.15, -0.1) is 10.2 Å². The van der Waals surface area contributed by atoms with E-state index in [0.717, 1.165) is 35.2 Å². The van der Waals surface area contributed by atoms with Gasteiger partial charge in [-0.05, 0) is 136 Å². The minimum atomic E-state index is -2.00. The molecule has 0 aliphatic carbocycles. The average molecular weight is 1110 g/mol. The van der Waals surface area contributed by atoms with Crippen LogP contribution in [-0.2, 0) is 38.3 Å². The van der Waals surface area contributed by atoms with E-state index in [0.29, 0.717) is 88.9 Å². The molecule has 4 aromatic carbocycles. The van der Waals surface area contributed by atoms with Crippen molar-refractivity contribution in [1.29, 1.82) is 5.26 Å². The van der Waals surface area contributed by atoms with Crippen LogP contribution in [0.5, 0.6) is 0 Å². The Morgan fingerprint density at radius 2 is 1.24 bits per heavy atom. The second-order valence-corrected chi connectivity index (χ2v) is 32.4. The number of hydrogen-bond donors (Lipinski definition) is 2. The lowest BCUT2D eigenvalue weighted by Crippen LogP contribution is -2.46. The molecule has 1 heterocycles. The molecule has 0 fully saturated rings. The highest BCUT2D eigenvalue weighted by Crippen LogP contribution is 2.40. The van der Waals surface area contributed by atoms with Gasteiger partial charge in [-0.2, -0.15) is 5.26 Å². The van der Waals surface area contributed by atoms with E-state index >= 15 is 0 Å². The highest BCUT2D eigenvalue weighted by atomic mass is 35.5. The van der Waals surface area contributed by atoms with E-state index < -0.39 is 28.5 Å². The standard InChI is InChI=1S/C27H33ClN4O3Si.C27H31ClN4O2Si.CH3PS/c1-18-21(12-13-23(30-5)24(18)28)16-22(14-15-35-36(6,7)27(2,3)4)26(34)32-31-25(33)20-10-8-19(17-29)9-11-20;1-18-20(11-14-23(30-6)24(18)28)17-21(15-16-33-35(7,8)27(2,3)4)26-32-31-25(34-26)19-9-12-22(29-5)13-10-19;1-2-3/h8-13,22H,14-16H2,1-4,6-7H3,(H,31,33)(H,32,34);9-14,21H,15-17H2,1-4,7-8H3;1H3/t22-;21-;/m00./s1. The fraction of sp³-hybridized carbons (Fsp3) is 0.418. The second kappa shape index (κ2) is 28.3. The van der Waals surface area contributed by atoms with Gasteiger partial charge in [0, 0.05) is 36.2 Å². The van der Waals surface area contributed by atoms with Crippen molar-refractivity contribution in [3.05, 3.63) is 156 Å². The Hall–Kier alpha value is -5.63. The van der Waals surface area contributed by atoms with Crippen molar-refractivity contribution in [2.75, 3.05) is 19.9 Å². The van der Waals surface area contributed by atoms with Gasteiger partial charge in [0.25, 0.3) is 5.91 Å². The zero-order valence-corrected chi connectivity index (χ0v) is 49.9. The van der Waals surface area contributed by atoms with Gasteiger partial charge < -0.3 is 13.3 Å². The largest absolute Gasteiger partial charge is 0.420 e. The first-order valence-corrected chi connectivity index (χ1v) is 32.8. The summed E-state index contributed by atoms with van der Waals surface area (Å²) in [4.78, 5) is 36.0. The summed E-state index contributed by atoms with van der Waals surface area (Å²) in [5.74, 6) is -0.435. The number of rotatable bonds is 16. The predicted octanol–water partition coefficient (Wildman–Crippen LogP) is 15.7. The van der Waals surface area contributed by atoms with E-state index in [9.17, 15) is 9.59 Å². The Balaban J connectivity index is 0.000000371. The van der Waals surface area contributed by atoms with Gasteiger partial charge in [0.15, 0.2) is 22.3 Å². The van der Waals surface area contributed by atoms with Crippen LogP contribution >= 0.6 is 30.6 Å². The van der Waals surface area contributed by atoms with Crippen molar-refractivity contribution in [2.45, 2.75) is 123 Å². The summed E-state index contributed by atoms with van der Waals surface area (Å²) in [5.41, 5.74) is 11.5. The van der Waals surface area contributed by atoms with Crippen molar-refractivity contribution in [3.8, 4) is 17.5 Å². The maximum atomic E-state index is 13.2. The van der Waals surface area contributed by atoms with Crippen LogP contribution in [0.2, 0.25) is 46.3 Å². The highest BCUT2D eigenvalue weighted by molar-refractivity contribution is 7.96. The lowest BCUT2D eigenvalue weighted by atomic mass is 9.93. The fourth-order valence-electron chi connectivity index (χ4n) is 6.74. The maximum Gasteiger partial charge on any atom is 0.269 e. The average Bonchev–Trinajstić information content (AvgIpc) is 3.85. The molecule has 0 aliphatic heterocycles. The molecule has 390 valence electrons. The zero-order chi connectivity index (χ0) is 55.6. The molecule has 0 saturated carbocycles. The predicted molar refractivity (Wildman–Crippen MR) is 307 cm³/mol. The minimum absolute atomic E-state index is 0.0412. The van der Waals surface area contributed by atoms with Gasteiger partial charge >= 0.3 is 0 Å². The maximum absolute atomic E-state index is 13.2. The van der Waals surface area contributed by atoms with Crippen LogP contribution in [0.3, 0.4) is 0 Å². The van der Waals surface area contributed by atoms with E-state index in [1.54, 1.807) is 24.3 Å². The SMILES string of the molecule is CP=S.[C-]#[N+]c1ccc(-c2nnc([C@@H](CCO[Si](C)(C)C(C)(C)C)Cc3ccc([N+]#[C-])c(Cl)c3C)o2)cc1.[C-]#[N+]c1ccc(C[C@H](CCO[Si](C)(C)C(C)(C)C)C(=O)NNC(=O)c2ccc(C#N)cc2)c(C)c1Cl. The lowest BCUT2D eigenvalue weighted by molar-refractivity contribution is -0.126. The molecule has 13 nitrogen and oxygen atoms in total. The normalized spacial score (nSPS) is 12.3. The third kappa shape index (κ3) is 17.8. The van der Waals surface area contributed by atoms with E-state index in [2.05, 4.69) is 115 Å². The number of carbonyl (C=O) groups excluding carboxylic acids is 2. The molecule has 0 aliphatic rings. The van der Waals surface area contributed by atoms with Gasteiger partial charge in [0.05, 0.1) is 41.4 Å². The molecule has 0 saturated heterocycles. The first-order chi connectivity index (χ1) is 34.7. The number of hydrogen-bond acceptors (Lipinski definition) is 9. The van der Waals surface area contributed by atoms with Gasteiger partial charge in [0.2, 0.25) is 29.1 Å². The number of aromatic nitrogens is 2. The minimum Gasteiger partial charge on any atom is -0.420 e. The number of nitriles is 1. The summed E-state index contributed by atoms with van der Waals surface area (Å²) >= 11 is 17.2. The Kier molecular flexibility index (Phi) is 24.0. The fourth-order valence-corrected chi connectivity index (χ4v) is 9.31. The monoisotopic (exact) mass is 1110 g/mol. The molecule has 0 spiro atoms. The molecular formula is C55H67Cl2N8O5PSSi2. The third-order valence-corrected chi connectivity index (χ3v) is 23.6. The number of nitrogens with zero attached hydrogens (tertiary/aromatic N) is 6. The van der Waals surface area contributed by atoms with Crippen molar-refractivity contribution in [1.82, 2.24) is 21.0 Å². The molecule has 2 atom stereocenters. The van der Waals surface area contributed by atoms with Gasteiger partial charge in [-0.25, -0.2) is 14.5 Å². The first-order valence-electron chi connectivity index (χ1n) is 23.9. The Morgan fingerprint density at radius 3 is 1.70 bits per heavy atom. The molecular weight excluding hydrogens is 1040 g/mol. The molecule has 2 N–H and O–H groups in total. The number of amides is 2. The van der Waals surface area contributed by atoms with Gasteiger partial charge in [-0.1, -0.05) is 125 Å². The van der Waals surface area contributed by atoms with Crippen LogP contribution in [0.1, 0.15) is 104 Å².